The normalized spacial score (nSPS) is 15.3. The topological polar surface area (TPSA) is 88.7 Å². The molecule has 0 saturated carbocycles. The monoisotopic (exact) mass is 492 g/mol. The number of rotatable bonds is 7. The SMILES string of the molecule is C=C/N=C\C(=C/N)c1cc(CN2CCOCC2)cc(Nc2ncc3cc(Br)ccc3n2)c1. The average molecular weight is 493 g/mol. The average Bonchev–Trinajstić information content (AvgIpc) is 2.80. The van der Waals surface area contributed by atoms with Crippen molar-refractivity contribution in [3.63, 3.8) is 0 Å². The Balaban J connectivity index is 1.66. The van der Waals surface area contributed by atoms with Gasteiger partial charge in [-0.05, 0) is 47.5 Å². The summed E-state index contributed by atoms with van der Waals surface area (Å²) in [4.78, 5) is 15.6. The Morgan fingerprint density at radius 1 is 1.25 bits per heavy atom. The van der Waals surface area contributed by atoms with E-state index in [1.165, 1.54) is 6.20 Å². The fourth-order valence-electron chi connectivity index (χ4n) is 3.58. The first-order chi connectivity index (χ1) is 15.6. The summed E-state index contributed by atoms with van der Waals surface area (Å²) in [6, 6.07) is 12.2. The summed E-state index contributed by atoms with van der Waals surface area (Å²) in [6.07, 6.45) is 6.56. The molecule has 4 rings (SSSR count). The van der Waals surface area contributed by atoms with Crippen molar-refractivity contribution in [1.82, 2.24) is 14.9 Å². The molecule has 1 saturated heterocycles. The number of aromatic nitrogens is 2. The maximum atomic E-state index is 5.89. The van der Waals surface area contributed by atoms with Gasteiger partial charge in [0.2, 0.25) is 5.95 Å². The number of nitrogens with two attached hydrogens (primary N) is 1. The van der Waals surface area contributed by atoms with E-state index in [0.717, 1.165) is 70.6 Å². The number of ether oxygens (including phenoxy) is 1. The number of nitrogens with one attached hydrogen (secondary N) is 1. The molecule has 2 heterocycles. The third-order valence-electron chi connectivity index (χ3n) is 5.13. The van der Waals surface area contributed by atoms with Crippen molar-refractivity contribution >= 4 is 50.3 Å². The summed E-state index contributed by atoms with van der Waals surface area (Å²) in [5.74, 6) is 0.535. The lowest BCUT2D eigenvalue weighted by Gasteiger charge is -2.27. The molecule has 3 aromatic rings. The molecule has 0 unspecified atom stereocenters. The molecule has 0 amide bonds. The zero-order valence-electron chi connectivity index (χ0n) is 17.7. The Morgan fingerprint density at radius 2 is 2.09 bits per heavy atom. The lowest BCUT2D eigenvalue weighted by molar-refractivity contribution is 0.0342. The van der Waals surface area contributed by atoms with Crippen LogP contribution in [0.2, 0.25) is 0 Å². The fraction of sp³-hybridized carbons (Fsp3) is 0.208. The Labute approximate surface area is 195 Å². The standard InChI is InChI=1S/C24H25BrN6O/c1-2-27-14-20(13-26)18-9-17(16-31-5-7-32-8-6-31)10-22(12-18)29-24-28-15-19-11-21(25)3-4-23(19)30-24/h2-4,9-15H,1,5-8,16,26H2,(H,28,29,30)/b20-13+,27-14-. The highest BCUT2D eigenvalue weighted by Gasteiger charge is 2.13. The maximum Gasteiger partial charge on any atom is 0.227 e. The van der Waals surface area contributed by atoms with Crippen molar-refractivity contribution in [2.24, 2.45) is 10.7 Å². The van der Waals surface area contributed by atoms with E-state index in [9.17, 15) is 0 Å². The highest BCUT2D eigenvalue weighted by atomic mass is 79.9. The fourth-order valence-corrected chi connectivity index (χ4v) is 3.96. The van der Waals surface area contributed by atoms with Gasteiger partial charge in [-0.25, -0.2) is 9.97 Å². The van der Waals surface area contributed by atoms with Gasteiger partial charge in [0.05, 0.1) is 18.7 Å². The van der Waals surface area contributed by atoms with Crippen LogP contribution in [0.3, 0.4) is 0 Å². The minimum Gasteiger partial charge on any atom is -0.404 e. The van der Waals surface area contributed by atoms with Crippen LogP contribution in [-0.4, -0.2) is 47.4 Å². The van der Waals surface area contributed by atoms with E-state index < -0.39 is 0 Å². The molecule has 0 spiro atoms. The highest BCUT2D eigenvalue weighted by Crippen LogP contribution is 2.25. The predicted octanol–water partition coefficient (Wildman–Crippen LogP) is 4.48. The number of halogens is 1. The molecule has 7 nitrogen and oxygen atoms in total. The minimum absolute atomic E-state index is 0.535. The first kappa shape index (κ1) is 22.1. The lowest BCUT2D eigenvalue weighted by atomic mass is 10.0. The molecule has 1 fully saturated rings. The third-order valence-corrected chi connectivity index (χ3v) is 5.63. The van der Waals surface area contributed by atoms with E-state index >= 15 is 0 Å². The Morgan fingerprint density at radius 3 is 2.88 bits per heavy atom. The Kier molecular flexibility index (Phi) is 7.26. The summed E-state index contributed by atoms with van der Waals surface area (Å²) >= 11 is 3.48. The van der Waals surface area contributed by atoms with Gasteiger partial charge in [-0.1, -0.05) is 22.5 Å². The molecule has 0 bridgehead atoms. The first-order valence-electron chi connectivity index (χ1n) is 10.3. The summed E-state index contributed by atoms with van der Waals surface area (Å²) in [6.45, 7) is 7.79. The number of anilines is 2. The van der Waals surface area contributed by atoms with Crippen LogP contribution in [0.4, 0.5) is 11.6 Å². The molecule has 0 aliphatic carbocycles. The second kappa shape index (κ2) is 10.5. The molecule has 1 aliphatic heterocycles. The van der Waals surface area contributed by atoms with E-state index in [2.05, 4.69) is 59.8 Å². The predicted molar refractivity (Wildman–Crippen MR) is 134 cm³/mol. The molecule has 1 aliphatic rings. The summed E-state index contributed by atoms with van der Waals surface area (Å²) in [5.41, 5.74) is 10.6. The summed E-state index contributed by atoms with van der Waals surface area (Å²) < 4.78 is 6.48. The van der Waals surface area contributed by atoms with Crippen LogP contribution in [0.15, 0.2) is 71.0 Å². The van der Waals surface area contributed by atoms with Gasteiger partial charge in [0, 0.05) is 65.6 Å². The molecule has 8 heteroatoms. The van der Waals surface area contributed by atoms with Gasteiger partial charge < -0.3 is 15.8 Å². The van der Waals surface area contributed by atoms with Gasteiger partial charge >= 0.3 is 0 Å². The Hall–Kier alpha value is -3.07. The van der Waals surface area contributed by atoms with Gasteiger partial charge in [-0.15, -0.1) is 0 Å². The number of fused-ring (bicyclic) bond motifs is 1. The Bertz CT molecular complexity index is 1170. The van der Waals surface area contributed by atoms with Gasteiger partial charge in [0.1, 0.15) is 0 Å². The smallest absolute Gasteiger partial charge is 0.227 e. The van der Waals surface area contributed by atoms with Crippen molar-refractivity contribution in [2.75, 3.05) is 31.6 Å². The molecular formula is C24H25BrN6O. The molecule has 0 atom stereocenters. The van der Waals surface area contributed by atoms with Crippen molar-refractivity contribution in [2.45, 2.75) is 6.54 Å². The van der Waals surface area contributed by atoms with Crippen molar-refractivity contribution < 1.29 is 4.74 Å². The van der Waals surface area contributed by atoms with Crippen LogP contribution >= 0.6 is 15.9 Å². The van der Waals surface area contributed by atoms with Crippen LogP contribution in [0.5, 0.6) is 0 Å². The quantitative estimate of drug-likeness (QED) is 0.472. The number of aliphatic imine (C=N–C) groups is 1. The van der Waals surface area contributed by atoms with E-state index in [0.29, 0.717) is 5.95 Å². The number of morpholine rings is 1. The van der Waals surface area contributed by atoms with Crippen LogP contribution in [0.25, 0.3) is 16.5 Å². The van der Waals surface area contributed by atoms with E-state index in [1.807, 2.05) is 30.5 Å². The van der Waals surface area contributed by atoms with Gasteiger partial charge in [-0.2, -0.15) is 0 Å². The van der Waals surface area contributed by atoms with Crippen LogP contribution < -0.4 is 11.1 Å². The molecule has 32 heavy (non-hydrogen) atoms. The first-order valence-corrected chi connectivity index (χ1v) is 11.1. The summed E-state index contributed by atoms with van der Waals surface area (Å²) in [5, 5.41) is 4.33. The third kappa shape index (κ3) is 5.59. The second-order valence-corrected chi connectivity index (χ2v) is 8.33. The molecular weight excluding hydrogens is 468 g/mol. The molecule has 164 valence electrons. The number of nitrogens with zero attached hydrogens (tertiary/aromatic N) is 4. The van der Waals surface area contributed by atoms with Crippen molar-refractivity contribution in [3.05, 3.63) is 77.2 Å². The number of allylic oxidation sites excluding steroid dienone is 1. The van der Waals surface area contributed by atoms with E-state index in [4.69, 9.17) is 10.5 Å². The zero-order chi connectivity index (χ0) is 22.3. The number of benzene rings is 2. The number of hydrogen-bond acceptors (Lipinski definition) is 7. The number of hydrogen-bond donors (Lipinski definition) is 2. The lowest BCUT2D eigenvalue weighted by Crippen LogP contribution is -2.35. The van der Waals surface area contributed by atoms with Crippen LogP contribution in [0.1, 0.15) is 11.1 Å². The van der Waals surface area contributed by atoms with E-state index in [-0.39, 0.29) is 0 Å². The van der Waals surface area contributed by atoms with Gasteiger partial charge in [-0.3, -0.25) is 9.89 Å². The second-order valence-electron chi connectivity index (χ2n) is 7.41. The maximum absolute atomic E-state index is 5.89. The van der Waals surface area contributed by atoms with Crippen LogP contribution in [-0.2, 0) is 11.3 Å². The zero-order valence-corrected chi connectivity index (χ0v) is 19.3. The van der Waals surface area contributed by atoms with E-state index in [1.54, 1.807) is 12.4 Å². The minimum atomic E-state index is 0.535. The highest BCUT2D eigenvalue weighted by molar-refractivity contribution is 9.10. The van der Waals surface area contributed by atoms with Gasteiger partial charge in [0.25, 0.3) is 0 Å². The van der Waals surface area contributed by atoms with Gasteiger partial charge in [0.15, 0.2) is 0 Å². The molecule has 3 N–H and O–H groups in total. The van der Waals surface area contributed by atoms with Crippen molar-refractivity contribution in [1.29, 1.82) is 0 Å². The molecule has 1 aromatic heterocycles. The summed E-state index contributed by atoms with van der Waals surface area (Å²) in [7, 11) is 0. The molecule has 0 radical (unpaired) electrons. The van der Waals surface area contributed by atoms with Crippen LogP contribution in [0, 0.1) is 0 Å². The molecule has 2 aromatic carbocycles. The largest absolute Gasteiger partial charge is 0.404 e. The van der Waals surface area contributed by atoms with Crippen molar-refractivity contribution in [3.8, 4) is 0 Å².